The fourth-order valence-electron chi connectivity index (χ4n) is 2.53. The zero-order valence-electron chi connectivity index (χ0n) is 8.27. The van der Waals surface area contributed by atoms with Crippen molar-refractivity contribution in [2.75, 3.05) is 0 Å². The van der Waals surface area contributed by atoms with Gasteiger partial charge in [-0.2, -0.15) is 0 Å². The fourth-order valence-corrected chi connectivity index (χ4v) is 2.53. The van der Waals surface area contributed by atoms with Crippen molar-refractivity contribution in [1.29, 1.82) is 0 Å². The Hall–Kier alpha value is -0.590. The number of hydrogen-bond acceptors (Lipinski definition) is 1. The van der Waals surface area contributed by atoms with Crippen LogP contribution in [-0.4, -0.2) is 5.78 Å². The number of carbonyl (C=O) groups excluding carboxylic acids is 1. The van der Waals surface area contributed by atoms with Crippen LogP contribution in [0.25, 0.3) is 0 Å². The molecule has 0 amide bonds. The van der Waals surface area contributed by atoms with Crippen molar-refractivity contribution < 1.29 is 4.79 Å². The standard InChI is InChI=1S/C12H18O/c13-12-9-8-10-6-4-2-1-3-5-7-11(10)12/h1-9H2. The topological polar surface area (TPSA) is 17.1 Å². The maximum atomic E-state index is 11.5. The first-order valence-electron chi connectivity index (χ1n) is 5.62. The van der Waals surface area contributed by atoms with Crippen molar-refractivity contribution in [1.82, 2.24) is 0 Å². The molecule has 0 N–H and O–H groups in total. The number of hydrogen-bond donors (Lipinski definition) is 0. The molecule has 0 unspecified atom stereocenters. The summed E-state index contributed by atoms with van der Waals surface area (Å²) >= 11 is 0. The Morgan fingerprint density at radius 3 is 2.23 bits per heavy atom. The van der Waals surface area contributed by atoms with Crippen LogP contribution < -0.4 is 0 Å². The Morgan fingerprint density at radius 1 is 0.692 bits per heavy atom. The third-order valence-electron chi connectivity index (χ3n) is 3.32. The highest BCUT2D eigenvalue weighted by atomic mass is 16.1. The van der Waals surface area contributed by atoms with E-state index in [2.05, 4.69) is 0 Å². The second kappa shape index (κ2) is 4.08. The van der Waals surface area contributed by atoms with Gasteiger partial charge in [-0.05, 0) is 37.7 Å². The Morgan fingerprint density at radius 2 is 1.38 bits per heavy atom. The largest absolute Gasteiger partial charge is 0.295 e. The van der Waals surface area contributed by atoms with Crippen LogP contribution in [0.3, 0.4) is 0 Å². The molecule has 1 nitrogen and oxygen atoms in total. The summed E-state index contributed by atoms with van der Waals surface area (Å²) in [5.74, 6) is 0.455. The van der Waals surface area contributed by atoms with E-state index in [1.807, 2.05) is 0 Å². The van der Waals surface area contributed by atoms with Crippen molar-refractivity contribution in [3.05, 3.63) is 11.1 Å². The lowest BCUT2D eigenvalue weighted by molar-refractivity contribution is -0.115. The van der Waals surface area contributed by atoms with Gasteiger partial charge in [0.05, 0.1) is 0 Å². The van der Waals surface area contributed by atoms with Crippen molar-refractivity contribution >= 4 is 5.78 Å². The number of ketones is 1. The molecule has 0 aromatic heterocycles. The molecule has 0 heterocycles. The highest BCUT2D eigenvalue weighted by molar-refractivity contribution is 5.98. The van der Waals surface area contributed by atoms with Crippen LogP contribution in [-0.2, 0) is 4.79 Å². The van der Waals surface area contributed by atoms with Gasteiger partial charge in [-0.1, -0.05) is 24.8 Å². The predicted molar refractivity (Wildman–Crippen MR) is 53.6 cm³/mol. The van der Waals surface area contributed by atoms with Gasteiger partial charge >= 0.3 is 0 Å². The van der Waals surface area contributed by atoms with Crippen molar-refractivity contribution in [3.63, 3.8) is 0 Å². The van der Waals surface area contributed by atoms with Gasteiger partial charge in [0.15, 0.2) is 5.78 Å². The van der Waals surface area contributed by atoms with E-state index in [1.165, 1.54) is 49.7 Å². The molecule has 0 aromatic rings. The SMILES string of the molecule is O=C1CCC2=C1CCCCCCC2. The molecule has 2 rings (SSSR count). The van der Waals surface area contributed by atoms with Gasteiger partial charge in [-0.3, -0.25) is 4.79 Å². The summed E-state index contributed by atoms with van der Waals surface area (Å²) in [4.78, 5) is 11.5. The zero-order chi connectivity index (χ0) is 9.10. The molecular formula is C12H18O. The summed E-state index contributed by atoms with van der Waals surface area (Å²) in [7, 11) is 0. The third kappa shape index (κ3) is 2.01. The Balaban J connectivity index is 2.10. The van der Waals surface area contributed by atoms with Gasteiger partial charge < -0.3 is 0 Å². The first-order valence-corrected chi connectivity index (χ1v) is 5.62. The van der Waals surface area contributed by atoms with E-state index in [4.69, 9.17) is 0 Å². The number of rotatable bonds is 0. The van der Waals surface area contributed by atoms with Gasteiger partial charge in [0.2, 0.25) is 0 Å². The third-order valence-corrected chi connectivity index (χ3v) is 3.32. The first-order chi connectivity index (χ1) is 6.38. The minimum Gasteiger partial charge on any atom is -0.295 e. The zero-order valence-corrected chi connectivity index (χ0v) is 8.27. The molecule has 1 heteroatoms. The first kappa shape index (κ1) is 8.98. The number of carbonyl (C=O) groups is 1. The second-order valence-corrected chi connectivity index (χ2v) is 4.27. The monoisotopic (exact) mass is 178 g/mol. The highest BCUT2D eigenvalue weighted by Gasteiger charge is 2.22. The molecule has 13 heavy (non-hydrogen) atoms. The molecule has 0 aromatic carbocycles. The maximum Gasteiger partial charge on any atom is 0.159 e. The van der Waals surface area contributed by atoms with Crippen LogP contribution in [0, 0.1) is 0 Å². The van der Waals surface area contributed by atoms with E-state index < -0.39 is 0 Å². The molecule has 72 valence electrons. The molecule has 0 bridgehead atoms. The molecule has 0 radical (unpaired) electrons. The van der Waals surface area contributed by atoms with Gasteiger partial charge in [0.25, 0.3) is 0 Å². The van der Waals surface area contributed by atoms with Crippen LogP contribution in [0.15, 0.2) is 11.1 Å². The Bertz CT molecular complexity index is 238. The summed E-state index contributed by atoms with van der Waals surface area (Å²) in [5, 5.41) is 0. The summed E-state index contributed by atoms with van der Waals surface area (Å²) in [6.45, 7) is 0. The molecule has 0 atom stereocenters. The second-order valence-electron chi connectivity index (χ2n) is 4.27. The van der Waals surface area contributed by atoms with E-state index in [9.17, 15) is 4.79 Å². The minimum absolute atomic E-state index is 0.455. The summed E-state index contributed by atoms with van der Waals surface area (Å²) in [6, 6.07) is 0. The molecular weight excluding hydrogens is 160 g/mol. The van der Waals surface area contributed by atoms with Gasteiger partial charge in [0, 0.05) is 6.42 Å². The van der Waals surface area contributed by atoms with Crippen LogP contribution in [0.1, 0.15) is 57.8 Å². The predicted octanol–water partition coefficient (Wildman–Crippen LogP) is 3.39. The Labute approximate surface area is 80.2 Å². The summed E-state index contributed by atoms with van der Waals surface area (Å²) < 4.78 is 0. The molecule has 0 saturated heterocycles. The van der Waals surface area contributed by atoms with Gasteiger partial charge in [0.1, 0.15) is 0 Å². The lowest BCUT2D eigenvalue weighted by Crippen LogP contribution is -1.96. The van der Waals surface area contributed by atoms with Crippen molar-refractivity contribution in [3.8, 4) is 0 Å². The molecule has 0 saturated carbocycles. The van der Waals surface area contributed by atoms with Crippen LogP contribution in [0.4, 0.5) is 0 Å². The molecule has 0 fully saturated rings. The van der Waals surface area contributed by atoms with E-state index in [-0.39, 0.29) is 0 Å². The molecule has 2 aliphatic rings. The van der Waals surface area contributed by atoms with Crippen molar-refractivity contribution in [2.45, 2.75) is 57.8 Å². The normalized spacial score (nSPS) is 25.1. The highest BCUT2D eigenvalue weighted by Crippen LogP contribution is 2.32. The fraction of sp³-hybridized carbons (Fsp3) is 0.750. The number of allylic oxidation sites excluding steroid dienone is 2. The molecule has 0 spiro atoms. The van der Waals surface area contributed by atoms with E-state index in [0.717, 1.165) is 19.3 Å². The lowest BCUT2D eigenvalue weighted by atomic mass is 10.0. The number of Topliss-reactive ketones (excluding diaryl/α,β-unsaturated/α-hetero) is 1. The van der Waals surface area contributed by atoms with Gasteiger partial charge in [-0.25, -0.2) is 0 Å². The lowest BCUT2D eigenvalue weighted by Gasteiger charge is -2.02. The molecule has 2 aliphatic carbocycles. The maximum absolute atomic E-state index is 11.5. The molecule has 0 aliphatic heterocycles. The average molecular weight is 178 g/mol. The quantitative estimate of drug-likeness (QED) is 0.555. The van der Waals surface area contributed by atoms with E-state index >= 15 is 0 Å². The van der Waals surface area contributed by atoms with Gasteiger partial charge in [-0.15, -0.1) is 0 Å². The van der Waals surface area contributed by atoms with Crippen LogP contribution in [0.5, 0.6) is 0 Å². The average Bonchev–Trinajstić information content (AvgIpc) is 2.51. The summed E-state index contributed by atoms with van der Waals surface area (Å²) in [5.41, 5.74) is 2.73. The van der Waals surface area contributed by atoms with Crippen LogP contribution >= 0.6 is 0 Å². The van der Waals surface area contributed by atoms with E-state index in [1.54, 1.807) is 0 Å². The van der Waals surface area contributed by atoms with Crippen molar-refractivity contribution in [2.24, 2.45) is 0 Å². The van der Waals surface area contributed by atoms with E-state index in [0.29, 0.717) is 5.78 Å². The Kier molecular flexibility index (Phi) is 2.82. The smallest absolute Gasteiger partial charge is 0.159 e. The van der Waals surface area contributed by atoms with Crippen LogP contribution in [0.2, 0.25) is 0 Å². The minimum atomic E-state index is 0.455. The summed E-state index contributed by atoms with van der Waals surface area (Å²) in [6.07, 6.45) is 10.8.